The standard InChI is InChI=1S/C2H7N.3C2H5.Sn.H/c1-3-2;3*1-2;;/h3H,1-2H3;3*1H2,2H3;;. The van der Waals surface area contributed by atoms with Gasteiger partial charge in [0.05, 0.1) is 0 Å². The van der Waals surface area contributed by atoms with Gasteiger partial charge in [-0.05, 0) is 14.1 Å². The Morgan fingerprint density at radius 1 is 0.900 bits per heavy atom. The molecule has 0 atom stereocenters. The summed E-state index contributed by atoms with van der Waals surface area (Å²) >= 11 is -0.764. The average molecular weight is 252 g/mol. The quantitative estimate of drug-likeness (QED) is 0.758. The summed E-state index contributed by atoms with van der Waals surface area (Å²) < 4.78 is 4.69. The third-order valence-corrected chi connectivity index (χ3v) is 11.6. The minimum absolute atomic E-state index is 0.764. The first kappa shape index (κ1) is 13.4. The van der Waals surface area contributed by atoms with E-state index < -0.39 is 19.8 Å². The van der Waals surface area contributed by atoms with E-state index in [-0.39, 0.29) is 0 Å². The summed E-state index contributed by atoms with van der Waals surface area (Å²) in [6.07, 6.45) is 0. The fourth-order valence-electron chi connectivity index (χ4n) is 0.866. The Morgan fingerprint density at radius 2 is 1.10 bits per heavy atom. The molecule has 0 bridgehead atoms. The summed E-state index contributed by atoms with van der Waals surface area (Å²) in [4.78, 5) is 0. The maximum atomic E-state index is 2.75. The fraction of sp³-hybridized carbons (Fsp3) is 1.00. The van der Waals surface area contributed by atoms with Gasteiger partial charge in [0.15, 0.2) is 0 Å². The van der Waals surface area contributed by atoms with Gasteiger partial charge in [0.1, 0.15) is 0 Å². The summed E-state index contributed by atoms with van der Waals surface area (Å²) in [5.74, 6) is 0. The van der Waals surface area contributed by atoms with E-state index in [2.05, 4.69) is 26.1 Å². The molecule has 0 spiro atoms. The molecule has 0 amide bonds. The first-order chi connectivity index (χ1) is 4.76. The van der Waals surface area contributed by atoms with E-state index in [1.807, 2.05) is 14.1 Å². The SMILES string of the molecule is CNC.C[CH2][SnH]([CH2]C)[CH2]C. The van der Waals surface area contributed by atoms with Crippen molar-refractivity contribution in [1.29, 1.82) is 0 Å². The molecule has 10 heavy (non-hydrogen) atoms. The zero-order chi connectivity index (χ0) is 8.41. The molecular formula is C8H23NSn. The van der Waals surface area contributed by atoms with Gasteiger partial charge in [0.25, 0.3) is 0 Å². The molecule has 2 heteroatoms. The molecule has 0 unspecified atom stereocenters. The molecule has 0 aliphatic rings. The van der Waals surface area contributed by atoms with Crippen molar-refractivity contribution in [3.63, 3.8) is 0 Å². The topological polar surface area (TPSA) is 12.0 Å². The Hall–Kier alpha value is 0.759. The van der Waals surface area contributed by atoms with Gasteiger partial charge in [-0.1, -0.05) is 0 Å². The number of hydrogen-bond acceptors (Lipinski definition) is 1. The summed E-state index contributed by atoms with van der Waals surface area (Å²) in [6.45, 7) is 7.06. The van der Waals surface area contributed by atoms with Crippen molar-refractivity contribution >= 4 is 19.8 Å². The van der Waals surface area contributed by atoms with E-state index in [0.29, 0.717) is 0 Å². The van der Waals surface area contributed by atoms with Gasteiger partial charge in [-0.25, -0.2) is 0 Å². The van der Waals surface area contributed by atoms with Crippen molar-refractivity contribution in [3.8, 4) is 0 Å². The van der Waals surface area contributed by atoms with Crippen LogP contribution in [0.1, 0.15) is 20.8 Å². The van der Waals surface area contributed by atoms with Crippen LogP contribution in [0.2, 0.25) is 13.3 Å². The van der Waals surface area contributed by atoms with E-state index in [9.17, 15) is 0 Å². The Balaban J connectivity index is 0. The third-order valence-electron chi connectivity index (χ3n) is 1.73. The molecule has 64 valence electrons. The Labute approximate surface area is 73.3 Å². The van der Waals surface area contributed by atoms with E-state index >= 15 is 0 Å². The fourth-order valence-corrected chi connectivity index (χ4v) is 5.81. The molecule has 0 aromatic heterocycles. The van der Waals surface area contributed by atoms with Crippen molar-refractivity contribution < 1.29 is 0 Å². The van der Waals surface area contributed by atoms with Crippen molar-refractivity contribution in [3.05, 3.63) is 0 Å². The van der Waals surface area contributed by atoms with Crippen LogP contribution in [0.3, 0.4) is 0 Å². The second kappa shape index (κ2) is 12.4. The molecule has 0 aromatic carbocycles. The Kier molecular flexibility index (Phi) is 16.6. The van der Waals surface area contributed by atoms with Crippen molar-refractivity contribution in [2.75, 3.05) is 14.1 Å². The molecule has 1 nitrogen and oxygen atoms in total. The van der Waals surface area contributed by atoms with Crippen LogP contribution in [0.15, 0.2) is 0 Å². The van der Waals surface area contributed by atoms with E-state index in [0.717, 1.165) is 0 Å². The molecule has 0 aliphatic heterocycles. The second-order valence-corrected chi connectivity index (χ2v) is 14.5. The zero-order valence-corrected chi connectivity index (χ0v) is 11.5. The zero-order valence-electron chi connectivity index (χ0n) is 8.20. The van der Waals surface area contributed by atoms with Gasteiger partial charge in [0.2, 0.25) is 0 Å². The van der Waals surface area contributed by atoms with Gasteiger partial charge in [-0.3, -0.25) is 0 Å². The molecular weight excluding hydrogens is 229 g/mol. The van der Waals surface area contributed by atoms with Crippen LogP contribution in [0.25, 0.3) is 0 Å². The summed E-state index contributed by atoms with van der Waals surface area (Å²) in [7, 11) is 3.75. The van der Waals surface area contributed by atoms with Crippen molar-refractivity contribution in [1.82, 2.24) is 5.32 Å². The molecule has 0 radical (unpaired) electrons. The van der Waals surface area contributed by atoms with Crippen molar-refractivity contribution in [2.45, 2.75) is 34.1 Å². The molecule has 0 fully saturated rings. The van der Waals surface area contributed by atoms with Crippen LogP contribution in [0.4, 0.5) is 0 Å². The normalized spacial score (nSPS) is 9.00. The molecule has 0 rings (SSSR count). The van der Waals surface area contributed by atoms with E-state index in [4.69, 9.17) is 0 Å². The van der Waals surface area contributed by atoms with Gasteiger partial charge < -0.3 is 5.32 Å². The number of rotatable bonds is 3. The number of nitrogens with one attached hydrogen (secondary N) is 1. The summed E-state index contributed by atoms with van der Waals surface area (Å²) in [5.41, 5.74) is 0. The van der Waals surface area contributed by atoms with E-state index in [1.165, 1.54) is 0 Å². The van der Waals surface area contributed by atoms with Gasteiger partial charge in [-0.2, -0.15) is 0 Å². The van der Waals surface area contributed by atoms with Crippen LogP contribution in [-0.2, 0) is 0 Å². The second-order valence-electron chi connectivity index (χ2n) is 2.59. The van der Waals surface area contributed by atoms with Gasteiger partial charge in [0, 0.05) is 0 Å². The molecule has 0 aromatic rings. The number of hydrogen-bond donors (Lipinski definition) is 1. The van der Waals surface area contributed by atoms with Gasteiger partial charge >= 0.3 is 53.8 Å². The molecule has 0 aliphatic carbocycles. The molecule has 1 N–H and O–H groups in total. The Bertz CT molecular complexity index is 39.0. The molecule has 0 heterocycles. The minimum atomic E-state index is -0.764. The summed E-state index contributed by atoms with van der Waals surface area (Å²) in [6, 6.07) is 0. The summed E-state index contributed by atoms with van der Waals surface area (Å²) in [5, 5.41) is 2.75. The molecule has 0 saturated heterocycles. The maximum absolute atomic E-state index is 2.75. The third kappa shape index (κ3) is 11.5. The monoisotopic (exact) mass is 253 g/mol. The Morgan fingerprint density at radius 3 is 1.10 bits per heavy atom. The van der Waals surface area contributed by atoms with Crippen molar-refractivity contribution in [2.24, 2.45) is 0 Å². The first-order valence-corrected chi connectivity index (χ1v) is 11.3. The van der Waals surface area contributed by atoms with Crippen LogP contribution >= 0.6 is 0 Å². The van der Waals surface area contributed by atoms with E-state index in [1.54, 1.807) is 13.3 Å². The van der Waals surface area contributed by atoms with Crippen LogP contribution in [-0.4, -0.2) is 33.9 Å². The predicted octanol–water partition coefficient (Wildman–Crippen LogP) is 2.11. The van der Waals surface area contributed by atoms with Crippen LogP contribution in [0, 0.1) is 0 Å². The molecule has 0 saturated carbocycles. The van der Waals surface area contributed by atoms with Crippen LogP contribution in [0.5, 0.6) is 0 Å². The van der Waals surface area contributed by atoms with Gasteiger partial charge in [-0.15, -0.1) is 0 Å². The first-order valence-electron chi connectivity index (χ1n) is 4.35. The predicted molar refractivity (Wildman–Crippen MR) is 53.6 cm³/mol. The average Bonchev–Trinajstić information content (AvgIpc) is 1.93. The van der Waals surface area contributed by atoms with Crippen LogP contribution < -0.4 is 5.32 Å².